The molecule has 2 fully saturated rings. The van der Waals surface area contributed by atoms with Gasteiger partial charge in [-0.05, 0) is 48.1 Å². The van der Waals surface area contributed by atoms with E-state index < -0.39 is 0 Å². The summed E-state index contributed by atoms with van der Waals surface area (Å²) in [6.07, 6.45) is 5.81. The summed E-state index contributed by atoms with van der Waals surface area (Å²) in [6, 6.07) is 4.47. The monoisotopic (exact) mass is 289 g/mol. The molecule has 2 saturated carbocycles. The third kappa shape index (κ3) is 2.01. The summed E-state index contributed by atoms with van der Waals surface area (Å²) in [5.74, 6) is 0.835. The number of fused-ring (bicyclic) bond motifs is 2. The van der Waals surface area contributed by atoms with Crippen molar-refractivity contribution in [3.8, 4) is 0 Å². The second kappa shape index (κ2) is 4.42. The number of anilines is 1. The molecule has 3 rings (SSSR count). The first-order chi connectivity index (χ1) is 9.33. The standard InChI is InChI=1S/C16H23N3S/c1-15(2)10-4-6-16(3,9-10)14(15)19-11-5-7-18-12(8-11)13(17)20/h5,7-8,10,14H,4,6,9H2,1-3H3,(H2,17,20)(H,18,19). The Morgan fingerprint density at radius 1 is 1.45 bits per heavy atom. The van der Waals surface area contributed by atoms with Crippen molar-refractivity contribution in [1.82, 2.24) is 4.98 Å². The van der Waals surface area contributed by atoms with Gasteiger partial charge < -0.3 is 11.1 Å². The molecule has 0 spiro atoms. The Morgan fingerprint density at radius 2 is 2.20 bits per heavy atom. The predicted octanol–water partition coefficient (Wildman–Crippen LogP) is 3.34. The van der Waals surface area contributed by atoms with Crippen LogP contribution in [0.3, 0.4) is 0 Å². The Hall–Kier alpha value is -1.16. The van der Waals surface area contributed by atoms with E-state index in [-0.39, 0.29) is 0 Å². The Kier molecular flexibility index (Phi) is 3.05. The van der Waals surface area contributed by atoms with Crippen LogP contribution in [0.2, 0.25) is 0 Å². The van der Waals surface area contributed by atoms with Gasteiger partial charge in [-0.1, -0.05) is 33.0 Å². The van der Waals surface area contributed by atoms with Gasteiger partial charge in [0.2, 0.25) is 0 Å². The normalized spacial score (nSPS) is 34.1. The first kappa shape index (κ1) is 13.8. The van der Waals surface area contributed by atoms with E-state index in [9.17, 15) is 0 Å². The first-order valence-electron chi connectivity index (χ1n) is 7.35. The second-order valence-corrected chi connectivity index (χ2v) is 7.73. The Bertz CT molecular complexity index is 550. The molecule has 1 aromatic rings. The molecule has 0 aromatic carbocycles. The Labute approximate surface area is 126 Å². The molecule has 1 aromatic heterocycles. The molecule has 2 aliphatic rings. The maximum absolute atomic E-state index is 5.67. The molecule has 4 heteroatoms. The maximum Gasteiger partial charge on any atom is 0.122 e. The van der Waals surface area contributed by atoms with Gasteiger partial charge in [0, 0.05) is 17.9 Å². The SMILES string of the molecule is CC12CCC(C1)C(C)(C)C2Nc1ccnc(C(N)=S)c1. The van der Waals surface area contributed by atoms with Crippen molar-refractivity contribution in [2.45, 2.75) is 46.1 Å². The van der Waals surface area contributed by atoms with Crippen LogP contribution >= 0.6 is 12.2 Å². The van der Waals surface area contributed by atoms with Crippen molar-refractivity contribution < 1.29 is 0 Å². The quantitative estimate of drug-likeness (QED) is 0.838. The summed E-state index contributed by atoms with van der Waals surface area (Å²) < 4.78 is 0. The third-order valence-corrected chi connectivity index (χ3v) is 5.80. The summed E-state index contributed by atoms with van der Waals surface area (Å²) in [5, 5.41) is 3.74. The Balaban J connectivity index is 1.87. The fourth-order valence-corrected chi connectivity index (χ4v) is 4.60. The lowest BCUT2D eigenvalue weighted by molar-refractivity contribution is 0.155. The topological polar surface area (TPSA) is 50.9 Å². The van der Waals surface area contributed by atoms with Gasteiger partial charge in [-0.25, -0.2) is 0 Å². The highest BCUT2D eigenvalue weighted by Gasteiger charge is 2.59. The summed E-state index contributed by atoms with van der Waals surface area (Å²) in [6.45, 7) is 7.22. The van der Waals surface area contributed by atoms with Crippen LogP contribution in [0.15, 0.2) is 18.3 Å². The summed E-state index contributed by atoms with van der Waals surface area (Å²) in [7, 11) is 0. The number of hydrogen-bond donors (Lipinski definition) is 2. The van der Waals surface area contributed by atoms with Crippen LogP contribution in [0.1, 0.15) is 45.7 Å². The number of nitrogens with zero attached hydrogens (tertiary/aromatic N) is 1. The van der Waals surface area contributed by atoms with E-state index in [1.807, 2.05) is 12.1 Å². The number of aromatic nitrogens is 1. The molecule has 108 valence electrons. The third-order valence-electron chi connectivity index (χ3n) is 5.59. The smallest absolute Gasteiger partial charge is 0.122 e. The highest BCUT2D eigenvalue weighted by atomic mass is 32.1. The zero-order valence-corrected chi connectivity index (χ0v) is 13.3. The molecule has 3 nitrogen and oxygen atoms in total. The number of hydrogen-bond acceptors (Lipinski definition) is 3. The van der Waals surface area contributed by atoms with Crippen LogP contribution in [0.25, 0.3) is 0 Å². The first-order valence-corrected chi connectivity index (χ1v) is 7.76. The van der Waals surface area contributed by atoms with Gasteiger partial charge in [-0.15, -0.1) is 0 Å². The second-order valence-electron chi connectivity index (χ2n) is 7.29. The minimum absolute atomic E-state index is 0.333. The Morgan fingerprint density at radius 3 is 2.80 bits per heavy atom. The lowest BCUT2D eigenvalue weighted by atomic mass is 9.68. The van der Waals surface area contributed by atoms with Crippen LogP contribution in [0, 0.1) is 16.7 Å². The summed E-state index contributed by atoms with van der Waals surface area (Å²) in [4.78, 5) is 4.56. The molecule has 0 saturated heterocycles. The van der Waals surface area contributed by atoms with E-state index in [1.165, 1.54) is 19.3 Å². The number of rotatable bonds is 3. The van der Waals surface area contributed by atoms with Crippen LogP contribution in [-0.2, 0) is 0 Å². The highest BCUT2D eigenvalue weighted by molar-refractivity contribution is 7.80. The van der Waals surface area contributed by atoms with Gasteiger partial charge in [-0.2, -0.15) is 0 Å². The van der Waals surface area contributed by atoms with Crippen LogP contribution < -0.4 is 11.1 Å². The van der Waals surface area contributed by atoms with Gasteiger partial charge >= 0.3 is 0 Å². The molecule has 2 bridgehead atoms. The molecule has 2 aliphatic carbocycles. The van der Waals surface area contributed by atoms with Crippen LogP contribution in [-0.4, -0.2) is 16.0 Å². The minimum atomic E-state index is 0.333. The summed E-state index contributed by atoms with van der Waals surface area (Å²) in [5.41, 5.74) is 8.18. The van der Waals surface area contributed by atoms with Gasteiger partial charge in [0.05, 0.1) is 5.69 Å². The largest absolute Gasteiger partial charge is 0.388 e. The van der Waals surface area contributed by atoms with Crippen molar-refractivity contribution >= 4 is 22.9 Å². The van der Waals surface area contributed by atoms with Crippen molar-refractivity contribution in [2.75, 3.05) is 5.32 Å². The lowest BCUT2D eigenvalue weighted by Crippen LogP contribution is -2.45. The van der Waals surface area contributed by atoms with E-state index >= 15 is 0 Å². The van der Waals surface area contributed by atoms with E-state index in [0.29, 0.717) is 27.6 Å². The van der Waals surface area contributed by atoms with Crippen molar-refractivity contribution in [2.24, 2.45) is 22.5 Å². The minimum Gasteiger partial charge on any atom is -0.388 e. The molecular weight excluding hydrogens is 266 g/mol. The molecule has 3 unspecified atom stereocenters. The number of pyridine rings is 1. The van der Waals surface area contributed by atoms with Crippen molar-refractivity contribution in [1.29, 1.82) is 0 Å². The van der Waals surface area contributed by atoms with E-state index in [4.69, 9.17) is 18.0 Å². The van der Waals surface area contributed by atoms with Crippen LogP contribution in [0.4, 0.5) is 5.69 Å². The van der Waals surface area contributed by atoms with Gasteiger partial charge in [0.1, 0.15) is 4.99 Å². The average Bonchev–Trinajstić information content (AvgIpc) is 2.86. The van der Waals surface area contributed by atoms with Gasteiger partial charge in [0.15, 0.2) is 0 Å². The molecular formula is C16H23N3S. The molecule has 1 heterocycles. The van der Waals surface area contributed by atoms with E-state index in [2.05, 4.69) is 31.1 Å². The fraction of sp³-hybridized carbons (Fsp3) is 0.625. The highest BCUT2D eigenvalue weighted by Crippen LogP contribution is 2.63. The number of nitrogens with one attached hydrogen (secondary N) is 1. The lowest BCUT2D eigenvalue weighted by Gasteiger charge is -2.43. The molecule has 0 radical (unpaired) electrons. The maximum atomic E-state index is 5.67. The summed E-state index contributed by atoms with van der Waals surface area (Å²) >= 11 is 5.01. The van der Waals surface area contributed by atoms with Gasteiger partial charge in [0.25, 0.3) is 0 Å². The van der Waals surface area contributed by atoms with E-state index in [0.717, 1.165) is 11.6 Å². The van der Waals surface area contributed by atoms with E-state index in [1.54, 1.807) is 6.20 Å². The molecule has 0 aliphatic heterocycles. The van der Waals surface area contributed by atoms with Crippen molar-refractivity contribution in [3.63, 3.8) is 0 Å². The predicted molar refractivity (Wildman–Crippen MR) is 86.8 cm³/mol. The molecule has 3 N–H and O–H groups in total. The van der Waals surface area contributed by atoms with Crippen LogP contribution in [0.5, 0.6) is 0 Å². The van der Waals surface area contributed by atoms with Gasteiger partial charge in [-0.3, -0.25) is 4.98 Å². The average molecular weight is 289 g/mol. The molecule has 0 amide bonds. The zero-order valence-electron chi connectivity index (χ0n) is 12.4. The molecule has 20 heavy (non-hydrogen) atoms. The zero-order chi connectivity index (χ0) is 14.5. The number of thiocarbonyl (C=S) groups is 1. The number of nitrogens with two attached hydrogens (primary N) is 1. The fourth-order valence-electron chi connectivity index (χ4n) is 4.48. The molecule has 3 atom stereocenters. The van der Waals surface area contributed by atoms with Crippen molar-refractivity contribution in [3.05, 3.63) is 24.0 Å².